The average molecular weight is 365 g/mol. The molecule has 3 aromatic rings. The first-order valence-electron chi connectivity index (χ1n) is 6.80. The molecule has 0 fully saturated rings. The third-order valence-corrected chi connectivity index (χ3v) is 4.33. The van der Waals surface area contributed by atoms with E-state index in [2.05, 4.69) is 4.98 Å². The molecule has 2 aromatic carbocycles. The summed E-state index contributed by atoms with van der Waals surface area (Å²) in [6, 6.07) is 10.3. The van der Waals surface area contributed by atoms with Gasteiger partial charge in [0.2, 0.25) is 0 Å². The van der Waals surface area contributed by atoms with Crippen molar-refractivity contribution in [2.24, 2.45) is 0 Å². The predicted octanol–water partition coefficient (Wildman–Crippen LogP) is 5.09. The molecule has 0 saturated carbocycles. The second kappa shape index (κ2) is 6.94. The molecule has 0 aliphatic rings. The summed E-state index contributed by atoms with van der Waals surface area (Å²) in [5, 5.41) is 14.1. The number of halogens is 2. The number of thiazole rings is 1. The van der Waals surface area contributed by atoms with E-state index in [-0.39, 0.29) is 18.0 Å². The summed E-state index contributed by atoms with van der Waals surface area (Å²) in [4.78, 5) is 14.7. The molecule has 0 atom stereocenters. The number of hydrogen-bond acceptors (Lipinski definition) is 5. The number of nitrogens with zero attached hydrogens (tertiary/aromatic N) is 2. The van der Waals surface area contributed by atoms with Gasteiger partial charge in [-0.25, -0.2) is 9.37 Å². The molecule has 1 heterocycles. The Balaban J connectivity index is 1.75. The molecule has 24 heavy (non-hydrogen) atoms. The van der Waals surface area contributed by atoms with Crippen LogP contribution in [0.2, 0.25) is 5.02 Å². The van der Waals surface area contributed by atoms with Crippen molar-refractivity contribution in [2.75, 3.05) is 0 Å². The number of nitro groups is 1. The zero-order valence-electron chi connectivity index (χ0n) is 12.1. The lowest BCUT2D eigenvalue weighted by Gasteiger charge is -2.05. The van der Waals surface area contributed by atoms with Gasteiger partial charge in [-0.05, 0) is 18.2 Å². The first-order chi connectivity index (χ1) is 11.5. The second-order valence-electron chi connectivity index (χ2n) is 4.81. The van der Waals surface area contributed by atoms with Crippen LogP contribution >= 0.6 is 22.9 Å². The van der Waals surface area contributed by atoms with Gasteiger partial charge in [-0.3, -0.25) is 10.1 Å². The van der Waals surface area contributed by atoms with Crippen LogP contribution in [0.1, 0.15) is 5.69 Å². The van der Waals surface area contributed by atoms with E-state index < -0.39 is 10.7 Å². The SMILES string of the molecule is O=[N+]([O-])c1ccc(F)cc1OCc1csc(-c2ccc(Cl)cc2)n1. The molecule has 0 N–H and O–H groups in total. The van der Waals surface area contributed by atoms with Gasteiger partial charge in [0.1, 0.15) is 17.4 Å². The predicted molar refractivity (Wildman–Crippen MR) is 89.9 cm³/mol. The Hall–Kier alpha value is -2.51. The van der Waals surface area contributed by atoms with Crippen molar-refractivity contribution in [3.8, 4) is 16.3 Å². The molecule has 0 aliphatic carbocycles. The lowest BCUT2D eigenvalue weighted by atomic mass is 10.2. The maximum absolute atomic E-state index is 13.3. The summed E-state index contributed by atoms with van der Waals surface area (Å²) in [5.41, 5.74) is 1.22. The summed E-state index contributed by atoms with van der Waals surface area (Å²) in [7, 11) is 0. The second-order valence-corrected chi connectivity index (χ2v) is 6.10. The molecular weight excluding hydrogens is 355 g/mol. The molecule has 5 nitrogen and oxygen atoms in total. The van der Waals surface area contributed by atoms with Crippen LogP contribution in [0.5, 0.6) is 5.75 Å². The minimum atomic E-state index is -0.616. The minimum Gasteiger partial charge on any atom is -0.480 e. The van der Waals surface area contributed by atoms with Gasteiger partial charge in [0.25, 0.3) is 0 Å². The summed E-state index contributed by atoms with van der Waals surface area (Å²) in [6.07, 6.45) is 0. The largest absolute Gasteiger partial charge is 0.480 e. The van der Waals surface area contributed by atoms with Gasteiger partial charge in [0.05, 0.1) is 10.6 Å². The monoisotopic (exact) mass is 364 g/mol. The van der Waals surface area contributed by atoms with Crippen LogP contribution in [0.15, 0.2) is 47.8 Å². The van der Waals surface area contributed by atoms with Crippen molar-refractivity contribution in [3.63, 3.8) is 0 Å². The maximum Gasteiger partial charge on any atom is 0.311 e. The van der Waals surface area contributed by atoms with Gasteiger partial charge in [-0.1, -0.05) is 23.7 Å². The molecule has 3 rings (SSSR count). The number of ether oxygens (including phenoxy) is 1. The molecule has 0 radical (unpaired) electrons. The lowest BCUT2D eigenvalue weighted by Crippen LogP contribution is -2.00. The highest BCUT2D eigenvalue weighted by atomic mass is 35.5. The Kier molecular flexibility index (Phi) is 4.73. The fourth-order valence-electron chi connectivity index (χ4n) is 2.00. The molecule has 0 bridgehead atoms. The first kappa shape index (κ1) is 16.4. The Bertz CT molecular complexity index is 883. The molecule has 8 heteroatoms. The zero-order valence-corrected chi connectivity index (χ0v) is 13.7. The third kappa shape index (κ3) is 3.69. The van der Waals surface area contributed by atoms with E-state index in [9.17, 15) is 14.5 Å². The fourth-order valence-corrected chi connectivity index (χ4v) is 2.94. The quantitative estimate of drug-likeness (QED) is 0.467. The summed E-state index contributed by atoms with van der Waals surface area (Å²) >= 11 is 7.27. The fraction of sp³-hybridized carbons (Fsp3) is 0.0625. The van der Waals surface area contributed by atoms with Gasteiger partial charge >= 0.3 is 5.69 Å². The van der Waals surface area contributed by atoms with Crippen molar-refractivity contribution >= 4 is 28.6 Å². The highest BCUT2D eigenvalue weighted by Crippen LogP contribution is 2.29. The topological polar surface area (TPSA) is 65.3 Å². The molecule has 0 amide bonds. The Morgan fingerprint density at radius 3 is 2.71 bits per heavy atom. The van der Waals surface area contributed by atoms with E-state index in [0.717, 1.165) is 28.8 Å². The smallest absolute Gasteiger partial charge is 0.311 e. The van der Waals surface area contributed by atoms with Crippen LogP contribution in [-0.2, 0) is 6.61 Å². The van der Waals surface area contributed by atoms with E-state index in [0.29, 0.717) is 10.7 Å². The van der Waals surface area contributed by atoms with E-state index >= 15 is 0 Å². The van der Waals surface area contributed by atoms with Crippen LogP contribution in [-0.4, -0.2) is 9.91 Å². The highest BCUT2D eigenvalue weighted by Gasteiger charge is 2.16. The molecule has 122 valence electrons. The van der Waals surface area contributed by atoms with Crippen molar-refractivity contribution < 1.29 is 14.1 Å². The van der Waals surface area contributed by atoms with Crippen LogP contribution < -0.4 is 4.74 Å². The summed E-state index contributed by atoms with van der Waals surface area (Å²) < 4.78 is 18.6. The van der Waals surface area contributed by atoms with Crippen molar-refractivity contribution in [3.05, 3.63) is 74.5 Å². The minimum absolute atomic E-state index is 0.00832. The summed E-state index contributed by atoms with van der Waals surface area (Å²) in [6.45, 7) is 0.00832. The van der Waals surface area contributed by atoms with Crippen LogP contribution in [0, 0.1) is 15.9 Å². The Labute approximate surface area is 145 Å². The van der Waals surface area contributed by atoms with Crippen molar-refractivity contribution in [1.29, 1.82) is 0 Å². The number of nitro benzene ring substituents is 1. The maximum atomic E-state index is 13.3. The third-order valence-electron chi connectivity index (χ3n) is 3.14. The van der Waals surface area contributed by atoms with E-state index in [1.165, 1.54) is 11.3 Å². The lowest BCUT2D eigenvalue weighted by molar-refractivity contribution is -0.386. The normalized spacial score (nSPS) is 10.6. The zero-order chi connectivity index (χ0) is 17.1. The van der Waals surface area contributed by atoms with Gasteiger partial charge in [0.15, 0.2) is 5.75 Å². The van der Waals surface area contributed by atoms with Gasteiger partial charge in [0, 0.05) is 28.1 Å². The van der Waals surface area contributed by atoms with Crippen LogP contribution in [0.3, 0.4) is 0 Å². The van der Waals surface area contributed by atoms with E-state index in [1.807, 2.05) is 12.1 Å². The van der Waals surface area contributed by atoms with Gasteiger partial charge < -0.3 is 4.74 Å². The molecule has 1 aromatic heterocycles. The molecule has 0 unspecified atom stereocenters. The average Bonchev–Trinajstić information content (AvgIpc) is 3.02. The van der Waals surface area contributed by atoms with Crippen molar-refractivity contribution in [2.45, 2.75) is 6.61 Å². The van der Waals surface area contributed by atoms with Crippen LogP contribution in [0.25, 0.3) is 10.6 Å². The molecular formula is C16H10ClFN2O3S. The Morgan fingerprint density at radius 1 is 1.25 bits per heavy atom. The number of rotatable bonds is 5. The van der Waals surface area contributed by atoms with Gasteiger partial charge in [-0.2, -0.15) is 0 Å². The summed E-state index contributed by atoms with van der Waals surface area (Å²) in [5.74, 6) is -0.725. The number of benzene rings is 2. The molecule has 0 spiro atoms. The first-order valence-corrected chi connectivity index (χ1v) is 8.06. The van der Waals surface area contributed by atoms with Crippen molar-refractivity contribution in [1.82, 2.24) is 4.98 Å². The number of aromatic nitrogens is 1. The van der Waals surface area contributed by atoms with E-state index in [1.54, 1.807) is 17.5 Å². The standard InChI is InChI=1S/C16H10ClFN2O3S/c17-11-3-1-10(2-4-11)16-19-13(9-24-16)8-23-15-7-12(18)5-6-14(15)20(21)22/h1-7,9H,8H2. The highest BCUT2D eigenvalue weighted by molar-refractivity contribution is 7.13. The van der Waals surface area contributed by atoms with Gasteiger partial charge in [-0.15, -0.1) is 11.3 Å². The van der Waals surface area contributed by atoms with E-state index in [4.69, 9.17) is 16.3 Å². The Morgan fingerprint density at radius 2 is 2.00 bits per heavy atom. The van der Waals surface area contributed by atoms with Crippen LogP contribution in [0.4, 0.5) is 10.1 Å². The number of hydrogen-bond donors (Lipinski definition) is 0. The molecule has 0 aliphatic heterocycles. The molecule has 0 saturated heterocycles.